The van der Waals surface area contributed by atoms with Gasteiger partial charge in [0.1, 0.15) is 11.9 Å². The summed E-state index contributed by atoms with van der Waals surface area (Å²) in [5.41, 5.74) is -1.19. The van der Waals surface area contributed by atoms with Gasteiger partial charge in [-0.15, -0.1) is 0 Å². The van der Waals surface area contributed by atoms with E-state index in [4.69, 9.17) is 11.6 Å². The average molecular weight is 427 g/mol. The van der Waals surface area contributed by atoms with Gasteiger partial charge in [-0.3, -0.25) is 9.89 Å². The molecule has 0 spiro atoms. The van der Waals surface area contributed by atoms with Crippen molar-refractivity contribution in [1.82, 2.24) is 15.1 Å². The number of alkyl halides is 3. The summed E-state index contributed by atoms with van der Waals surface area (Å²) in [6.45, 7) is 3.68. The highest BCUT2D eigenvalue weighted by atomic mass is 35.5. The van der Waals surface area contributed by atoms with Gasteiger partial charge in [-0.05, 0) is 32.4 Å². The van der Waals surface area contributed by atoms with Crippen LogP contribution in [-0.2, 0) is 6.18 Å². The third-order valence-corrected chi connectivity index (χ3v) is 5.89. The summed E-state index contributed by atoms with van der Waals surface area (Å²) in [5.74, 6) is 0.149. The Bertz CT molecular complexity index is 948. The number of carbonyl (C=O) groups is 1. The number of nitrogens with one attached hydrogen (secondary N) is 1. The quantitative estimate of drug-likeness (QED) is 0.776. The first-order valence-corrected chi connectivity index (χ1v) is 9.45. The fraction of sp³-hybridized carbons (Fsp3) is 0.444. The van der Waals surface area contributed by atoms with E-state index < -0.39 is 22.7 Å². The molecule has 2 aromatic rings. The highest BCUT2D eigenvalue weighted by molar-refractivity contribution is 6.34. The van der Waals surface area contributed by atoms with E-state index >= 15 is 0 Å². The van der Waals surface area contributed by atoms with Gasteiger partial charge in [0, 0.05) is 12.1 Å². The SMILES string of the molecule is CC1CC2C(N=NN2c2ccn[nH]2)C(C)N1C(=O)c1cccc(C(F)(F)F)c1Cl. The number of halogens is 4. The number of fused-ring (bicyclic) bond motifs is 1. The molecule has 0 radical (unpaired) electrons. The largest absolute Gasteiger partial charge is 0.417 e. The average Bonchev–Trinajstić information content (AvgIpc) is 3.30. The summed E-state index contributed by atoms with van der Waals surface area (Å²) < 4.78 is 39.6. The lowest BCUT2D eigenvalue weighted by Gasteiger charge is -2.45. The number of carbonyl (C=O) groups excluding carboxylic acids is 1. The van der Waals surface area contributed by atoms with Gasteiger partial charge >= 0.3 is 6.18 Å². The molecular weight excluding hydrogens is 409 g/mol. The molecule has 1 fully saturated rings. The Hall–Kier alpha value is -2.62. The minimum atomic E-state index is -4.64. The molecule has 4 rings (SSSR count). The zero-order chi connectivity index (χ0) is 20.9. The summed E-state index contributed by atoms with van der Waals surface area (Å²) >= 11 is 5.98. The van der Waals surface area contributed by atoms with Crippen molar-refractivity contribution in [2.45, 2.75) is 50.6 Å². The molecule has 0 aliphatic carbocycles. The van der Waals surface area contributed by atoms with E-state index in [0.717, 1.165) is 6.07 Å². The zero-order valence-corrected chi connectivity index (χ0v) is 16.3. The van der Waals surface area contributed by atoms with Crippen molar-refractivity contribution < 1.29 is 18.0 Å². The molecule has 1 aromatic heterocycles. The number of likely N-dealkylation sites (tertiary alicyclic amines) is 1. The lowest BCUT2D eigenvalue weighted by Crippen LogP contribution is -2.60. The Labute approximate surface area is 169 Å². The molecule has 29 heavy (non-hydrogen) atoms. The maximum atomic E-state index is 13.2. The Morgan fingerprint density at radius 3 is 2.69 bits per heavy atom. The molecule has 4 atom stereocenters. The third kappa shape index (κ3) is 3.25. The lowest BCUT2D eigenvalue weighted by molar-refractivity contribution is -0.137. The second-order valence-corrected chi connectivity index (χ2v) is 7.63. The van der Waals surface area contributed by atoms with Crippen LogP contribution in [0.15, 0.2) is 40.8 Å². The predicted molar refractivity (Wildman–Crippen MR) is 99.7 cm³/mol. The van der Waals surface area contributed by atoms with Gasteiger partial charge in [-0.1, -0.05) is 22.9 Å². The van der Waals surface area contributed by atoms with Crippen LogP contribution in [-0.4, -0.2) is 45.2 Å². The van der Waals surface area contributed by atoms with Crippen molar-refractivity contribution in [3.8, 4) is 0 Å². The standard InChI is InChI=1S/C18H18ClF3N6O/c1-9-8-13-16(25-26-28(13)14-6-7-23-24-14)10(2)27(9)17(29)11-4-3-5-12(15(11)19)18(20,21)22/h3-7,9-10,13,16H,8H2,1-2H3,(H,23,24). The monoisotopic (exact) mass is 426 g/mol. The number of nitrogens with zero attached hydrogens (tertiary/aromatic N) is 5. The molecule has 3 heterocycles. The van der Waals surface area contributed by atoms with Crippen LogP contribution in [0.25, 0.3) is 0 Å². The summed E-state index contributed by atoms with van der Waals surface area (Å²) in [5, 5.41) is 16.5. The van der Waals surface area contributed by atoms with Gasteiger partial charge in [-0.25, -0.2) is 5.01 Å². The summed E-state index contributed by atoms with van der Waals surface area (Å²) in [6, 6.07) is 4.13. The van der Waals surface area contributed by atoms with Gasteiger partial charge < -0.3 is 4.90 Å². The highest BCUT2D eigenvalue weighted by Crippen LogP contribution is 2.39. The molecule has 2 aliphatic rings. The molecule has 0 saturated carbocycles. The number of aromatic amines is 1. The third-order valence-electron chi connectivity index (χ3n) is 5.48. The molecule has 1 saturated heterocycles. The molecule has 7 nitrogen and oxygen atoms in total. The number of rotatable bonds is 2. The molecule has 11 heteroatoms. The number of anilines is 1. The smallest absolute Gasteiger partial charge is 0.331 e. The van der Waals surface area contributed by atoms with E-state index in [2.05, 4.69) is 20.5 Å². The van der Waals surface area contributed by atoms with Crippen molar-refractivity contribution in [3.05, 3.63) is 46.6 Å². The summed E-state index contributed by atoms with van der Waals surface area (Å²) in [6.07, 6.45) is -2.48. The number of H-pyrrole nitrogens is 1. The van der Waals surface area contributed by atoms with Crippen LogP contribution >= 0.6 is 11.6 Å². The maximum Gasteiger partial charge on any atom is 0.417 e. The number of aromatic nitrogens is 2. The summed E-state index contributed by atoms with van der Waals surface area (Å²) in [7, 11) is 0. The van der Waals surface area contributed by atoms with E-state index in [-0.39, 0.29) is 29.7 Å². The zero-order valence-electron chi connectivity index (χ0n) is 15.6. The summed E-state index contributed by atoms with van der Waals surface area (Å²) in [4.78, 5) is 14.7. The van der Waals surface area contributed by atoms with Crippen molar-refractivity contribution in [1.29, 1.82) is 0 Å². The van der Waals surface area contributed by atoms with Crippen LogP contribution < -0.4 is 5.01 Å². The van der Waals surface area contributed by atoms with E-state index in [1.807, 2.05) is 13.8 Å². The predicted octanol–water partition coefficient (Wildman–Crippen LogP) is 4.33. The van der Waals surface area contributed by atoms with E-state index in [0.29, 0.717) is 12.2 Å². The maximum absolute atomic E-state index is 13.2. The van der Waals surface area contributed by atoms with Gasteiger partial charge in [0.15, 0.2) is 0 Å². The van der Waals surface area contributed by atoms with Crippen LogP contribution in [0.4, 0.5) is 19.0 Å². The van der Waals surface area contributed by atoms with Crippen LogP contribution in [0.1, 0.15) is 36.2 Å². The van der Waals surface area contributed by atoms with E-state index in [1.165, 1.54) is 12.1 Å². The van der Waals surface area contributed by atoms with Crippen molar-refractivity contribution in [2.24, 2.45) is 10.3 Å². The Balaban J connectivity index is 1.63. The van der Waals surface area contributed by atoms with Gasteiger partial charge in [0.05, 0.1) is 34.4 Å². The van der Waals surface area contributed by atoms with Gasteiger partial charge in [-0.2, -0.15) is 23.4 Å². The Kier molecular flexibility index (Phi) is 4.76. The van der Waals surface area contributed by atoms with Crippen molar-refractivity contribution in [2.75, 3.05) is 5.01 Å². The molecule has 1 aromatic carbocycles. The highest BCUT2D eigenvalue weighted by Gasteiger charge is 2.48. The fourth-order valence-corrected chi connectivity index (χ4v) is 4.45. The molecule has 2 aliphatic heterocycles. The molecule has 1 amide bonds. The van der Waals surface area contributed by atoms with Crippen molar-refractivity contribution in [3.63, 3.8) is 0 Å². The normalized spacial score (nSPS) is 26.7. The topological polar surface area (TPSA) is 77.0 Å². The first-order chi connectivity index (χ1) is 13.7. The number of hydrogen-bond donors (Lipinski definition) is 1. The second-order valence-electron chi connectivity index (χ2n) is 7.25. The molecular formula is C18H18ClF3N6O. The van der Waals surface area contributed by atoms with Gasteiger partial charge in [0.25, 0.3) is 5.91 Å². The molecule has 1 N–H and O–H groups in total. The Morgan fingerprint density at radius 1 is 1.28 bits per heavy atom. The minimum Gasteiger partial charge on any atom is -0.331 e. The molecule has 4 unspecified atom stereocenters. The van der Waals surface area contributed by atoms with E-state index in [9.17, 15) is 18.0 Å². The number of amides is 1. The first kappa shape index (κ1) is 19.7. The van der Waals surface area contributed by atoms with Crippen LogP contribution in [0.3, 0.4) is 0 Å². The van der Waals surface area contributed by atoms with E-state index in [1.54, 1.807) is 22.2 Å². The lowest BCUT2D eigenvalue weighted by atomic mass is 9.87. The van der Waals surface area contributed by atoms with Crippen LogP contribution in [0.5, 0.6) is 0 Å². The number of benzene rings is 1. The number of hydrogen-bond acceptors (Lipinski definition) is 5. The molecule has 154 valence electrons. The minimum absolute atomic E-state index is 0.0820. The van der Waals surface area contributed by atoms with Crippen molar-refractivity contribution >= 4 is 23.3 Å². The van der Waals surface area contributed by atoms with Crippen LogP contribution in [0.2, 0.25) is 5.02 Å². The number of piperidine rings is 1. The molecule has 0 bridgehead atoms. The van der Waals surface area contributed by atoms with Crippen LogP contribution in [0, 0.1) is 0 Å². The second kappa shape index (κ2) is 7.01. The fourth-order valence-electron chi connectivity index (χ4n) is 4.13. The first-order valence-electron chi connectivity index (χ1n) is 9.08. The van der Waals surface area contributed by atoms with Gasteiger partial charge in [0.2, 0.25) is 0 Å². The Morgan fingerprint density at radius 2 is 2.03 bits per heavy atom.